The number of carbonyl (C=O) groups is 1. The number of unbranched alkanes of at least 4 members (excludes halogenated alkanes) is 9. The van der Waals surface area contributed by atoms with Gasteiger partial charge in [-0.2, -0.15) is 0 Å². The molecule has 0 atom stereocenters. The molecule has 0 heterocycles. The van der Waals surface area contributed by atoms with Gasteiger partial charge in [0.1, 0.15) is 5.75 Å². The first-order valence-electron chi connectivity index (χ1n) is 10.3. The van der Waals surface area contributed by atoms with Gasteiger partial charge in [0.05, 0.1) is 0 Å². The zero-order valence-corrected chi connectivity index (χ0v) is 16.1. The second-order valence-corrected chi connectivity index (χ2v) is 7.05. The number of phenolic OH excluding ortho intramolecular Hbond substituents is 1. The molecule has 1 aromatic carbocycles. The lowest BCUT2D eigenvalue weighted by molar-refractivity contribution is -0.121. The van der Waals surface area contributed by atoms with Gasteiger partial charge in [0, 0.05) is 13.0 Å². The second kappa shape index (κ2) is 14.8. The van der Waals surface area contributed by atoms with E-state index >= 15 is 0 Å². The van der Waals surface area contributed by atoms with Crippen LogP contribution in [0.25, 0.3) is 0 Å². The maximum Gasteiger partial charge on any atom is 0.219 e. The van der Waals surface area contributed by atoms with Gasteiger partial charge in [0.15, 0.2) is 0 Å². The predicted molar refractivity (Wildman–Crippen MR) is 106 cm³/mol. The minimum atomic E-state index is 0.220. The van der Waals surface area contributed by atoms with Crippen LogP contribution in [0.2, 0.25) is 0 Å². The van der Waals surface area contributed by atoms with Gasteiger partial charge in [-0.1, -0.05) is 70.4 Å². The summed E-state index contributed by atoms with van der Waals surface area (Å²) in [5.74, 6) is 0.550. The summed E-state index contributed by atoms with van der Waals surface area (Å²) in [6.45, 7) is 3.05. The predicted octanol–water partition coefficient (Wildman–Crippen LogP) is 5.75. The molecule has 0 saturated carbocycles. The van der Waals surface area contributed by atoms with E-state index in [9.17, 15) is 9.90 Å². The van der Waals surface area contributed by atoms with E-state index in [1.54, 1.807) is 12.1 Å². The van der Waals surface area contributed by atoms with Crippen molar-refractivity contribution < 1.29 is 9.90 Å². The summed E-state index contributed by atoms with van der Waals surface area (Å²) in [5.41, 5.74) is 1.28. The molecule has 0 fully saturated rings. The molecule has 0 aliphatic rings. The molecule has 142 valence electrons. The molecule has 1 aromatic rings. The maximum atomic E-state index is 11.7. The molecular weight excluding hydrogens is 310 g/mol. The van der Waals surface area contributed by atoms with Crippen molar-refractivity contribution in [2.24, 2.45) is 0 Å². The van der Waals surface area contributed by atoms with E-state index in [1.807, 2.05) is 12.1 Å². The first kappa shape index (κ1) is 21.5. The largest absolute Gasteiger partial charge is 0.508 e. The molecule has 3 nitrogen and oxygen atoms in total. The number of phenols is 1. The van der Waals surface area contributed by atoms with Gasteiger partial charge < -0.3 is 10.4 Å². The van der Waals surface area contributed by atoms with E-state index in [-0.39, 0.29) is 5.91 Å². The van der Waals surface area contributed by atoms with E-state index in [1.165, 1.54) is 50.5 Å². The van der Waals surface area contributed by atoms with Crippen molar-refractivity contribution in [1.29, 1.82) is 0 Å². The van der Waals surface area contributed by atoms with E-state index in [0.29, 0.717) is 12.2 Å². The number of hydrogen-bond acceptors (Lipinski definition) is 2. The van der Waals surface area contributed by atoms with Crippen molar-refractivity contribution in [2.45, 2.75) is 90.4 Å². The summed E-state index contributed by atoms with van der Waals surface area (Å²) < 4.78 is 0. The lowest BCUT2D eigenvalue weighted by Crippen LogP contribution is -2.23. The molecule has 0 bridgehead atoms. The summed E-state index contributed by atoms with van der Waals surface area (Å²) >= 11 is 0. The van der Waals surface area contributed by atoms with Crippen molar-refractivity contribution in [1.82, 2.24) is 5.32 Å². The van der Waals surface area contributed by atoms with Gasteiger partial charge in [-0.3, -0.25) is 4.79 Å². The quantitative estimate of drug-likeness (QED) is 0.397. The Balaban J connectivity index is 1.85. The third-order valence-corrected chi connectivity index (χ3v) is 4.66. The number of rotatable bonds is 15. The molecule has 0 aliphatic heterocycles. The third kappa shape index (κ3) is 12.5. The van der Waals surface area contributed by atoms with Crippen LogP contribution in [0.3, 0.4) is 0 Å². The van der Waals surface area contributed by atoms with E-state index in [0.717, 1.165) is 38.6 Å². The number of aromatic hydroxyl groups is 1. The summed E-state index contributed by atoms with van der Waals surface area (Å²) in [4.78, 5) is 11.7. The molecule has 1 rings (SSSR count). The molecule has 3 heteroatoms. The van der Waals surface area contributed by atoms with Gasteiger partial charge in [-0.05, 0) is 43.4 Å². The standard InChI is InChI=1S/C22H37NO2/c1-2-3-4-5-6-7-11-14-22(25)23-19-12-9-8-10-13-20-15-17-21(24)18-16-20/h15-18,24H,2-14,19H2,1H3,(H,23,25). The van der Waals surface area contributed by atoms with Crippen molar-refractivity contribution in [3.8, 4) is 5.75 Å². The summed E-state index contributed by atoms with van der Waals surface area (Å²) in [7, 11) is 0. The number of benzene rings is 1. The highest BCUT2D eigenvalue weighted by atomic mass is 16.3. The summed E-state index contributed by atoms with van der Waals surface area (Å²) in [5, 5.41) is 12.3. The van der Waals surface area contributed by atoms with Crippen LogP contribution in [0, 0.1) is 0 Å². The number of nitrogens with one attached hydrogen (secondary N) is 1. The summed E-state index contributed by atoms with van der Waals surface area (Å²) in [6.07, 6.45) is 15.1. The highest BCUT2D eigenvalue weighted by Gasteiger charge is 2.00. The highest BCUT2D eigenvalue weighted by Crippen LogP contribution is 2.13. The monoisotopic (exact) mass is 347 g/mol. The Kier molecular flexibility index (Phi) is 12.7. The maximum absolute atomic E-state index is 11.7. The third-order valence-electron chi connectivity index (χ3n) is 4.66. The van der Waals surface area contributed by atoms with Gasteiger partial charge >= 0.3 is 0 Å². The molecule has 0 aromatic heterocycles. The van der Waals surface area contributed by atoms with Crippen LogP contribution >= 0.6 is 0 Å². The number of aryl methyl sites for hydroxylation is 1. The van der Waals surface area contributed by atoms with E-state index in [2.05, 4.69) is 12.2 Å². The van der Waals surface area contributed by atoms with Gasteiger partial charge in [0.2, 0.25) is 5.91 Å². The van der Waals surface area contributed by atoms with Gasteiger partial charge in [-0.25, -0.2) is 0 Å². The fraction of sp³-hybridized carbons (Fsp3) is 0.682. The number of carbonyl (C=O) groups excluding carboxylic acids is 1. The molecule has 0 radical (unpaired) electrons. The Bertz CT molecular complexity index is 442. The normalized spacial score (nSPS) is 10.8. The minimum Gasteiger partial charge on any atom is -0.508 e. The molecule has 25 heavy (non-hydrogen) atoms. The topological polar surface area (TPSA) is 49.3 Å². The Labute approximate surface area is 154 Å². The van der Waals surface area contributed by atoms with Crippen molar-refractivity contribution in [3.05, 3.63) is 29.8 Å². The second-order valence-electron chi connectivity index (χ2n) is 7.05. The average Bonchev–Trinajstić information content (AvgIpc) is 2.61. The van der Waals surface area contributed by atoms with Gasteiger partial charge in [0.25, 0.3) is 0 Å². The van der Waals surface area contributed by atoms with E-state index in [4.69, 9.17) is 0 Å². The molecule has 0 aliphatic carbocycles. The number of hydrogen-bond donors (Lipinski definition) is 2. The highest BCUT2D eigenvalue weighted by molar-refractivity contribution is 5.75. The minimum absolute atomic E-state index is 0.220. The van der Waals surface area contributed by atoms with Crippen LogP contribution in [-0.2, 0) is 11.2 Å². The fourth-order valence-electron chi connectivity index (χ4n) is 3.03. The Morgan fingerprint density at radius 3 is 2.16 bits per heavy atom. The average molecular weight is 348 g/mol. The van der Waals surface area contributed by atoms with Crippen LogP contribution in [0.4, 0.5) is 0 Å². The van der Waals surface area contributed by atoms with E-state index < -0.39 is 0 Å². The Morgan fingerprint density at radius 2 is 1.44 bits per heavy atom. The smallest absolute Gasteiger partial charge is 0.219 e. The van der Waals surface area contributed by atoms with Crippen LogP contribution in [0.1, 0.15) is 89.5 Å². The van der Waals surface area contributed by atoms with Crippen molar-refractivity contribution in [3.63, 3.8) is 0 Å². The first-order valence-corrected chi connectivity index (χ1v) is 10.3. The number of amides is 1. The molecule has 0 spiro atoms. The Morgan fingerprint density at radius 1 is 0.840 bits per heavy atom. The molecule has 0 unspecified atom stereocenters. The zero-order chi connectivity index (χ0) is 18.2. The summed E-state index contributed by atoms with van der Waals surface area (Å²) in [6, 6.07) is 7.46. The molecular formula is C22H37NO2. The van der Waals surface area contributed by atoms with Crippen molar-refractivity contribution >= 4 is 5.91 Å². The van der Waals surface area contributed by atoms with Crippen molar-refractivity contribution in [2.75, 3.05) is 6.54 Å². The first-order chi connectivity index (χ1) is 12.2. The van der Waals surface area contributed by atoms with Crippen LogP contribution < -0.4 is 5.32 Å². The lowest BCUT2D eigenvalue weighted by Gasteiger charge is -2.06. The Hall–Kier alpha value is -1.51. The van der Waals surface area contributed by atoms with Crippen LogP contribution in [0.15, 0.2) is 24.3 Å². The molecule has 2 N–H and O–H groups in total. The van der Waals surface area contributed by atoms with Gasteiger partial charge in [-0.15, -0.1) is 0 Å². The van der Waals surface area contributed by atoms with Crippen LogP contribution in [-0.4, -0.2) is 17.6 Å². The fourth-order valence-corrected chi connectivity index (χ4v) is 3.03. The molecule has 0 saturated heterocycles. The lowest BCUT2D eigenvalue weighted by atomic mass is 10.1. The SMILES string of the molecule is CCCCCCCCCC(=O)NCCCCCCc1ccc(O)cc1. The molecule has 1 amide bonds. The van der Waals surface area contributed by atoms with Crippen LogP contribution in [0.5, 0.6) is 5.75 Å². The zero-order valence-electron chi connectivity index (χ0n) is 16.1.